The fraction of sp³-hybridized carbons (Fsp3) is 0.917. The molecule has 0 bridgehead atoms. The number of likely N-dealkylation sites (tertiary alicyclic amines) is 1. The summed E-state index contributed by atoms with van der Waals surface area (Å²) in [5.41, 5.74) is 0.166. The normalized spacial score (nSPS) is 26.9. The highest BCUT2D eigenvalue weighted by Crippen LogP contribution is 2.28. The Morgan fingerprint density at radius 1 is 1.56 bits per heavy atom. The molecule has 92 valence electrons. The van der Waals surface area contributed by atoms with Crippen molar-refractivity contribution < 1.29 is 9.90 Å². The van der Waals surface area contributed by atoms with Crippen molar-refractivity contribution in [3.05, 3.63) is 0 Å². The molecule has 1 saturated carbocycles. The number of carboxylic acids is 1. The summed E-state index contributed by atoms with van der Waals surface area (Å²) in [6, 6.07) is 0.0525. The first-order chi connectivity index (χ1) is 7.49. The van der Waals surface area contributed by atoms with E-state index in [-0.39, 0.29) is 5.54 Å². The highest BCUT2D eigenvalue weighted by molar-refractivity contribution is 5.73. The molecule has 1 aliphatic heterocycles. The Morgan fingerprint density at radius 2 is 2.25 bits per heavy atom. The second kappa shape index (κ2) is 4.34. The monoisotopic (exact) mass is 226 g/mol. The molecule has 2 N–H and O–H groups in total. The topological polar surface area (TPSA) is 52.6 Å². The van der Waals surface area contributed by atoms with Gasteiger partial charge in [0, 0.05) is 18.1 Å². The van der Waals surface area contributed by atoms with E-state index in [9.17, 15) is 9.90 Å². The fourth-order valence-corrected chi connectivity index (χ4v) is 2.46. The van der Waals surface area contributed by atoms with Crippen LogP contribution in [0.15, 0.2) is 0 Å². The summed E-state index contributed by atoms with van der Waals surface area (Å²) in [7, 11) is 0. The van der Waals surface area contributed by atoms with Crippen LogP contribution in [0.2, 0.25) is 0 Å². The van der Waals surface area contributed by atoms with Gasteiger partial charge >= 0.3 is 5.97 Å². The van der Waals surface area contributed by atoms with Gasteiger partial charge in [-0.05, 0) is 46.1 Å². The smallest absolute Gasteiger partial charge is 0.322 e. The lowest BCUT2D eigenvalue weighted by Gasteiger charge is -2.33. The van der Waals surface area contributed by atoms with Crippen molar-refractivity contribution in [1.82, 2.24) is 10.2 Å². The second-order valence-electron chi connectivity index (χ2n) is 5.69. The predicted octanol–water partition coefficient (Wildman–Crippen LogP) is 1.07. The fourth-order valence-electron chi connectivity index (χ4n) is 2.46. The van der Waals surface area contributed by atoms with Crippen LogP contribution >= 0.6 is 0 Å². The van der Waals surface area contributed by atoms with Gasteiger partial charge < -0.3 is 10.4 Å². The van der Waals surface area contributed by atoms with E-state index < -0.39 is 12.0 Å². The largest absolute Gasteiger partial charge is 0.480 e. The Hall–Kier alpha value is -0.610. The van der Waals surface area contributed by atoms with E-state index in [1.807, 2.05) is 0 Å². The number of carbonyl (C=O) groups is 1. The molecule has 0 aromatic carbocycles. The third-order valence-electron chi connectivity index (χ3n) is 3.79. The van der Waals surface area contributed by atoms with Gasteiger partial charge in [-0.25, -0.2) is 0 Å². The van der Waals surface area contributed by atoms with Gasteiger partial charge in [-0.15, -0.1) is 0 Å². The third kappa shape index (κ3) is 2.74. The number of rotatable bonds is 5. The van der Waals surface area contributed by atoms with E-state index >= 15 is 0 Å². The minimum atomic E-state index is -0.713. The van der Waals surface area contributed by atoms with Crippen molar-refractivity contribution in [2.75, 3.05) is 13.1 Å². The molecule has 1 atom stereocenters. The van der Waals surface area contributed by atoms with Gasteiger partial charge in [-0.1, -0.05) is 0 Å². The molecule has 0 amide bonds. The molecular weight excluding hydrogens is 204 g/mol. The SMILES string of the molecule is CC1(C)CCCN1CC(NC1CC1)C(=O)O. The number of aliphatic carboxylic acids is 1. The van der Waals surface area contributed by atoms with E-state index in [1.165, 1.54) is 12.8 Å². The Bertz CT molecular complexity index is 274. The Morgan fingerprint density at radius 3 is 2.69 bits per heavy atom. The molecule has 1 saturated heterocycles. The zero-order valence-electron chi connectivity index (χ0n) is 10.2. The van der Waals surface area contributed by atoms with Crippen molar-refractivity contribution >= 4 is 5.97 Å². The van der Waals surface area contributed by atoms with Gasteiger partial charge in [0.1, 0.15) is 6.04 Å². The molecule has 0 spiro atoms. The molecule has 16 heavy (non-hydrogen) atoms. The Kier molecular flexibility index (Phi) is 3.22. The summed E-state index contributed by atoms with van der Waals surface area (Å²) >= 11 is 0. The third-order valence-corrected chi connectivity index (χ3v) is 3.79. The maximum absolute atomic E-state index is 11.2. The van der Waals surface area contributed by atoms with Crippen molar-refractivity contribution in [3.8, 4) is 0 Å². The van der Waals surface area contributed by atoms with Crippen LogP contribution in [0.5, 0.6) is 0 Å². The first kappa shape index (κ1) is 11.9. The van der Waals surface area contributed by atoms with Crippen LogP contribution in [0.25, 0.3) is 0 Å². The molecule has 0 aromatic heterocycles. The Balaban J connectivity index is 1.91. The molecule has 0 aromatic rings. The second-order valence-corrected chi connectivity index (χ2v) is 5.69. The van der Waals surface area contributed by atoms with Gasteiger partial charge in [0.05, 0.1) is 0 Å². The maximum Gasteiger partial charge on any atom is 0.322 e. The van der Waals surface area contributed by atoms with Crippen molar-refractivity contribution in [2.45, 2.75) is 57.2 Å². The van der Waals surface area contributed by atoms with Crippen molar-refractivity contribution in [3.63, 3.8) is 0 Å². The molecule has 0 radical (unpaired) electrons. The van der Waals surface area contributed by atoms with Gasteiger partial charge in [-0.2, -0.15) is 0 Å². The lowest BCUT2D eigenvalue weighted by Crippen LogP contribution is -2.51. The van der Waals surface area contributed by atoms with E-state index in [1.54, 1.807) is 0 Å². The number of hydrogen-bond donors (Lipinski definition) is 2. The zero-order chi connectivity index (χ0) is 11.8. The first-order valence-electron chi connectivity index (χ1n) is 6.23. The summed E-state index contributed by atoms with van der Waals surface area (Å²) in [6.07, 6.45) is 4.62. The molecule has 4 nitrogen and oxygen atoms in total. The van der Waals surface area contributed by atoms with Crippen molar-refractivity contribution in [1.29, 1.82) is 0 Å². The first-order valence-corrected chi connectivity index (χ1v) is 6.23. The lowest BCUT2D eigenvalue weighted by molar-refractivity contribution is -0.140. The van der Waals surface area contributed by atoms with Gasteiger partial charge in [0.2, 0.25) is 0 Å². The van der Waals surface area contributed by atoms with Crippen LogP contribution < -0.4 is 5.32 Å². The van der Waals surface area contributed by atoms with Crippen LogP contribution in [0.4, 0.5) is 0 Å². The summed E-state index contributed by atoms with van der Waals surface area (Å²) in [6.45, 7) is 6.08. The summed E-state index contributed by atoms with van der Waals surface area (Å²) in [5, 5.41) is 12.4. The predicted molar refractivity (Wildman–Crippen MR) is 62.5 cm³/mol. The molecule has 4 heteroatoms. The quantitative estimate of drug-likeness (QED) is 0.736. The number of nitrogens with zero attached hydrogens (tertiary/aromatic N) is 1. The molecule has 2 rings (SSSR count). The molecular formula is C12H22N2O2. The summed E-state index contributed by atoms with van der Waals surface area (Å²) in [5.74, 6) is -0.713. The average molecular weight is 226 g/mol. The van der Waals surface area contributed by atoms with E-state index in [0.717, 1.165) is 19.4 Å². The molecule has 2 fully saturated rings. The van der Waals surface area contributed by atoms with Crippen LogP contribution in [0.1, 0.15) is 39.5 Å². The molecule has 1 heterocycles. The number of nitrogens with one attached hydrogen (secondary N) is 1. The van der Waals surface area contributed by atoms with Gasteiger partial charge in [0.15, 0.2) is 0 Å². The zero-order valence-corrected chi connectivity index (χ0v) is 10.2. The minimum absolute atomic E-state index is 0.166. The Labute approximate surface area is 97.0 Å². The number of hydrogen-bond acceptors (Lipinski definition) is 3. The van der Waals surface area contributed by atoms with Crippen LogP contribution in [-0.4, -0.2) is 46.7 Å². The molecule has 1 unspecified atom stereocenters. The number of carboxylic acid groups (broad SMARTS) is 1. The van der Waals surface area contributed by atoms with E-state index in [0.29, 0.717) is 12.6 Å². The molecule has 2 aliphatic rings. The summed E-state index contributed by atoms with van der Waals surface area (Å²) in [4.78, 5) is 13.5. The van der Waals surface area contributed by atoms with E-state index in [4.69, 9.17) is 0 Å². The van der Waals surface area contributed by atoms with Crippen LogP contribution in [0.3, 0.4) is 0 Å². The van der Waals surface area contributed by atoms with Gasteiger partial charge in [-0.3, -0.25) is 9.69 Å². The van der Waals surface area contributed by atoms with E-state index in [2.05, 4.69) is 24.1 Å². The van der Waals surface area contributed by atoms with Crippen LogP contribution in [0, 0.1) is 0 Å². The maximum atomic E-state index is 11.2. The lowest BCUT2D eigenvalue weighted by atomic mass is 10.0. The van der Waals surface area contributed by atoms with Crippen molar-refractivity contribution in [2.24, 2.45) is 0 Å². The van der Waals surface area contributed by atoms with Crippen LogP contribution in [-0.2, 0) is 4.79 Å². The average Bonchev–Trinajstić information content (AvgIpc) is 2.92. The molecule has 1 aliphatic carbocycles. The highest BCUT2D eigenvalue weighted by atomic mass is 16.4. The minimum Gasteiger partial charge on any atom is -0.480 e. The standard InChI is InChI=1S/C12H22N2O2/c1-12(2)6-3-7-14(12)8-10(11(15)16)13-9-4-5-9/h9-10,13H,3-8H2,1-2H3,(H,15,16). The highest BCUT2D eigenvalue weighted by Gasteiger charge is 2.36. The van der Waals surface area contributed by atoms with Gasteiger partial charge in [0.25, 0.3) is 0 Å². The summed E-state index contributed by atoms with van der Waals surface area (Å²) < 4.78 is 0.